The Morgan fingerprint density at radius 3 is 2.69 bits per heavy atom. The fraction of sp³-hybridized carbons (Fsp3) is 0.429. The molecule has 35 heavy (non-hydrogen) atoms. The highest BCUT2D eigenvalue weighted by Crippen LogP contribution is 2.36. The minimum Gasteiger partial charge on any atom is -0.382 e. The number of carbonyl (C=O) groups excluding carboxylic acids is 2. The first-order valence-corrected chi connectivity index (χ1v) is 13.5. The van der Waals surface area contributed by atoms with E-state index >= 15 is 0 Å². The number of nitrogens with one attached hydrogen (secondary N) is 2. The van der Waals surface area contributed by atoms with E-state index in [1.807, 2.05) is 43.3 Å². The molecule has 2 aromatic carbocycles. The number of hydrogen-bond donors (Lipinski definition) is 2. The summed E-state index contributed by atoms with van der Waals surface area (Å²) in [5.74, 6) is 0.539. The van der Waals surface area contributed by atoms with Gasteiger partial charge >= 0.3 is 0 Å². The summed E-state index contributed by atoms with van der Waals surface area (Å²) >= 11 is 1.53. The van der Waals surface area contributed by atoms with E-state index in [9.17, 15) is 9.59 Å². The van der Waals surface area contributed by atoms with Crippen LogP contribution in [0.1, 0.15) is 46.2 Å². The van der Waals surface area contributed by atoms with Crippen molar-refractivity contribution in [3.63, 3.8) is 0 Å². The van der Waals surface area contributed by atoms with E-state index in [1.165, 1.54) is 24.2 Å². The van der Waals surface area contributed by atoms with Gasteiger partial charge in [0.15, 0.2) is 0 Å². The lowest BCUT2D eigenvalue weighted by Gasteiger charge is -2.44. The molecule has 0 aliphatic carbocycles. The van der Waals surface area contributed by atoms with Gasteiger partial charge in [-0.3, -0.25) is 9.59 Å². The number of thiophene rings is 1. The van der Waals surface area contributed by atoms with Crippen LogP contribution < -0.4 is 10.6 Å². The average Bonchev–Trinajstić information content (AvgIpc) is 3.34. The Bertz CT molecular complexity index is 1200. The van der Waals surface area contributed by atoms with Gasteiger partial charge in [0, 0.05) is 42.6 Å². The Kier molecular flexibility index (Phi) is 7.46. The van der Waals surface area contributed by atoms with E-state index in [-0.39, 0.29) is 17.9 Å². The second-order valence-corrected chi connectivity index (χ2v) is 10.5. The van der Waals surface area contributed by atoms with Crippen LogP contribution in [-0.4, -0.2) is 62.1 Å². The van der Waals surface area contributed by atoms with Crippen LogP contribution in [0.25, 0.3) is 21.2 Å². The van der Waals surface area contributed by atoms with Gasteiger partial charge in [-0.05, 0) is 79.9 Å². The Hall–Kier alpha value is -2.74. The van der Waals surface area contributed by atoms with Crippen molar-refractivity contribution >= 4 is 33.2 Å². The largest absolute Gasteiger partial charge is 0.382 e. The molecule has 1 atom stereocenters. The van der Waals surface area contributed by atoms with Gasteiger partial charge in [-0.1, -0.05) is 30.3 Å². The van der Waals surface area contributed by atoms with Crippen LogP contribution in [0.3, 0.4) is 0 Å². The van der Waals surface area contributed by atoms with Crippen molar-refractivity contribution in [1.82, 2.24) is 15.5 Å². The first-order valence-electron chi connectivity index (χ1n) is 12.6. The lowest BCUT2D eigenvalue weighted by atomic mass is 9.84. The molecule has 0 radical (unpaired) electrons. The Labute approximate surface area is 210 Å². The van der Waals surface area contributed by atoms with E-state index in [4.69, 9.17) is 4.74 Å². The Morgan fingerprint density at radius 2 is 1.91 bits per heavy atom. The molecule has 2 bridgehead atoms. The summed E-state index contributed by atoms with van der Waals surface area (Å²) in [6.45, 7) is 7.17. The second kappa shape index (κ2) is 10.9. The number of benzene rings is 2. The van der Waals surface area contributed by atoms with E-state index in [2.05, 4.69) is 27.7 Å². The molecular formula is C28H33N3O3S. The lowest BCUT2D eigenvalue weighted by Crippen LogP contribution is -2.57. The summed E-state index contributed by atoms with van der Waals surface area (Å²) < 4.78 is 6.40. The van der Waals surface area contributed by atoms with E-state index in [0.717, 1.165) is 52.1 Å². The second-order valence-electron chi connectivity index (χ2n) is 9.44. The van der Waals surface area contributed by atoms with Crippen LogP contribution in [0.5, 0.6) is 0 Å². The molecule has 2 N–H and O–H groups in total. The molecule has 6 rings (SSSR count). The minimum absolute atomic E-state index is 0.0241. The van der Waals surface area contributed by atoms with Crippen molar-refractivity contribution in [2.75, 3.05) is 39.4 Å². The van der Waals surface area contributed by atoms with Crippen LogP contribution in [0.15, 0.2) is 48.5 Å². The van der Waals surface area contributed by atoms with Gasteiger partial charge in [0.2, 0.25) is 0 Å². The number of rotatable bonds is 9. The molecular weight excluding hydrogens is 458 g/mol. The van der Waals surface area contributed by atoms with Crippen molar-refractivity contribution < 1.29 is 14.3 Å². The molecule has 3 aliphatic heterocycles. The highest BCUT2D eigenvalue weighted by molar-refractivity contribution is 7.21. The third-order valence-corrected chi connectivity index (χ3v) is 8.31. The molecule has 0 spiro atoms. The Morgan fingerprint density at radius 1 is 1.09 bits per heavy atom. The summed E-state index contributed by atoms with van der Waals surface area (Å²) in [6, 6.07) is 16.1. The molecule has 3 aromatic rings. The molecule has 184 valence electrons. The van der Waals surface area contributed by atoms with Crippen molar-refractivity contribution in [3.8, 4) is 11.1 Å². The van der Waals surface area contributed by atoms with Crippen LogP contribution in [0.4, 0.5) is 0 Å². The summed E-state index contributed by atoms with van der Waals surface area (Å²) in [6.07, 6.45) is 3.15. The smallest absolute Gasteiger partial charge is 0.261 e. The zero-order chi connectivity index (χ0) is 24.2. The van der Waals surface area contributed by atoms with Crippen molar-refractivity contribution in [1.29, 1.82) is 0 Å². The van der Waals surface area contributed by atoms with Crippen LogP contribution in [0, 0.1) is 5.92 Å². The molecule has 2 amide bonds. The number of carbonyl (C=O) groups is 2. The lowest BCUT2D eigenvalue weighted by molar-refractivity contribution is 0.0622. The van der Waals surface area contributed by atoms with Gasteiger partial charge in [-0.2, -0.15) is 0 Å². The predicted octanol–water partition coefficient (Wildman–Crippen LogP) is 4.55. The fourth-order valence-electron chi connectivity index (χ4n) is 5.22. The number of ether oxygens (including phenoxy) is 1. The monoisotopic (exact) mass is 491 g/mol. The third kappa shape index (κ3) is 5.42. The quantitative estimate of drug-likeness (QED) is 0.431. The SMILES string of the molecule is CCOCCCNC(=O)c1cccc(-c2cccc3cc(C(=O)NC4CN5CCC4CC5)sc23)c1. The summed E-state index contributed by atoms with van der Waals surface area (Å²) in [5, 5.41) is 7.33. The molecule has 0 saturated carbocycles. The molecule has 1 aromatic heterocycles. The van der Waals surface area contributed by atoms with Gasteiger partial charge in [0.25, 0.3) is 11.8 Å². The molecule has 4 heterocycles. The first-order chi connectivity index (χ1) is 17.1. The maximum atomic E-state index is 13.1. The summed E-state index contributed by atoms with van der Waals surface area (Å²) in [4.78, 5) is 29.0. The van der Waals surface area contributed by atoms with Crippen molar-refractivity contribution in [2.45, 2.75) is 32.2 Å². The highest BCUT2D eigenvalue weighted by atomic mass is 32.1. The zero-order valence-electron chi connectivity index (χ0n) is 20.2. The number of amides is 2. The van der Waals surface area contributed by atoms with Gasteiger partial charge in [0.05, 0.1) is 4.88 Å². The van der Waals surface area contributed by atoms with E-state index < -0.39 is 0 Å². The van der Waals surface area contributed by atoms with Crippen molar-refractivity contribution in [3.05, 3.63) is 59.0 Å². The minimum atomic E-state index is -0.0840. The molecule has 6 nitrogen and oxygen atoms in total. The number of piperidine rings is 3. The molecule has 3 fully saturated rings. The van der Waals surface area contributed by atoms with Gasteiger partial charge in [-0.25, -0.2) is 0 Å². The molecule has 7 heteroatoms. The van der Waals surface area contributed by atoms with E-state index in [0.29, 0.717) is 31.2 Å². The van der Waals surface area contributed by atoms with E-state index in [1.54, 1.807) is 0 Å². The standard InChI is InChI=1S/C28H33N3O3S/c1-2-34-15-5-12-29-27(32)22-8-3-6-20(16-22)23-9-4-7-21-17-25(35-26(21)23)28(33)30-24-18-31-13-10-19(24)11-14-31/h3-4,6-9,16-17,19,24H,2,5,10-15,18H2,1H3,(H,29,32)(H,30,33). The molecule has 1 unspecified atom stereocenters. The fourth-order valence-corrected chi connectivity index (χ4v) is 6.32. The summed E-state index contributed by atoms with van der Waals surface area (Å²) in [5.41, 5.74) is 2.65. The highest BCUT2D eigenvalue weighted by Gasteiger charge is 2.35. The first kappa shape index (κ1) is 24.0. The summed E-state index contributed by atoms with van der Waals surface area (Å²) in [7, 11) is 0. The maximum absolute atomic E-state index is 13.1. The number of hydrogen-bond acceptors (Lipinski definition) is 5. The number of nitrogens with zero attached hydrogens (tertiary/aromatic N) is 1. The third-order valence-electron chi connectivity index (χ3n) is 7.13. The maximum Gasteiger partial charge on any atom is 0.261 e. The van der Waals surface area contributed by atoms with Crippen LogP contribution in [-0.2, 0) is 4.74 Å². The van der Waals surface area contributed by atoms with Crippen LogP contribution >= 0.6 is 11.3 Å². The normalized spacial score (nSPS) is 21.2. The molecule has 3 aliphatic rings. The van der Waals surface area contributed by atoms with Gasteiger partial charge in [-0.15, -0.1) is 11.3 Å². The van der Waals surface area contributed by atoms with Gasteiger partial charge in [0.1, 0.15) is 0 Å². The predicted molar refractivity (Wildman–Crippen MR) is 141 cm³/mol. The Balaban J connectivity index is 1.32. The zero-order valence-corrected chi connectivity index (χ0v) is 21.0. The topological polar surface area (TPSA) is 70.7 Å². The molecule has 3 saturated heterocycles. The van der Waals surface area contributed by atoms with Gasteiger partial charge < -0.3 is 20.3 Å². The van der Waals surface area contributed by atoms with Crippen molar-refractivity contribution in [2.24, 2.45) is 5.92 Å². The number of fused-ring (bicyclic) bond motifs is 4. The van der Waals surface area contributed by atoms with Crippen LogP contribution in [0.2, 0.25) is 0 Å². The average molecular weight is 492 g/mol.